The molecule has 2 heterocycles. The van der Waals surface area contributed by atoms with Gasteiger partial charge in [0.15, 0.2) is 6.61 Å². The number of rotatable bonds is 14. The number of nitrogens with zero attached hydrogens (tertiary/aromatic N) is 3. The van der Waals surface area contributed by atoms with E-state index in [0.717, 1.165) is 18.7 Å². The van der Waals surface area contributed by atoms with Crippen molar-refractivity contribution in [3.8, 4) is 11.5 Å². The van der Waals surface area contributed by atoms with Crippen LogP contribution in [0.2, 0.25) is 0 Å². The van der Waals surface area contributed by atoms with Crippen LogP contribution >= 0.6 is 0 Å². The van der Waals surface area contributed by atoms with Gasteiger partial charge in [-0.25, -0.2) is 8.42 Å². The fourth-order valence-corrected chi connectivity index (χ4v) is 6.90. The van der Waals surface area contributed by atoms with E-state index in [0.29, 0.717) is 69.7 Å². The number of sulfonamides is 1. The second-order valence-electron chi connectivity index (χ2n) is 11.2. The van der Waals surface area contributed by atoms with E-state index in [4.69, 9.17) is 18.9 Å². The van der Waals surface area contributed by atoms with Gasteiger partial charge < -0.3 is 29.2 Å². The average molecular weight is 667 g/mol. The molecule has 0 aliphatic carbocycles. The Bertz CT molecular complexity index is 1540. The number of methoxy groups -OCH3 is 1. The summed E-state index contributed by atoms with van der Waals surface area (Å²) in [5.41, 5.74) is 1.47. The summed E-state index contributed by atoms with van der Waals surface area (Å²) in [6, 6.07) is 21.6. The first-order valence-corrected chi connectivity index (χ1v) is 17.1. The largest absolute Gasteiger partial charge is 0.497 e. The standard InChI is InChI=1S/C34H42N4O8S/c1-43-29-9-7-27(8-10-29)25-38(33(28-5-3-2-4-6-28)34(40)35-15-16-36-17-21-44-22-18-36)32(39)26-46-30-11-13-31(14-12-30)47(41,42)37-19-23-45-24-20-37/h2-14,33H,15-26H2,1H3,(H,35,40). The number of benzene rings is 3. The normalized spacial score (nSPS) is 16.6. The molecule has 2 amide bonds. The predicted molar refractivity (Wildman–Crippen MR) is 175 cm³/mol. The van der Waals surface area contributed by atoms with Gasteiger partial charge in [-0.1, -0.05) is 42.5 Å². The third-order valence-electron chi connectivity index (χ3n) is 8.13. The molecule has 3 aromatic carbocycles. The van der Waals surface area contributed by atoms with Crippen molar-refractivity contribution in [2.45, 2.75) is 17.5 Å². The van der Waals surface area contributed by atoms with E-state index in [1.165, 1.54) is 33.5 Å². The van der Waals surface area contributed by atoms with Crippen LogP contribution in [0.3, 0.4) is 0 Å². The third-order valence-corrected chi connectivity index (χ3v) is 10.0. The van der Waals surface area contributed by atoms with Gasteiger partial charge in [0.25, 0.3) is 5.91 Å². The first-order chi connectivity index (χ1) is 22.8. The van der Waals surface area contributed by atoms with Gasteiger partial charge in [-0.15, -0.1) is 0 Å². The molecule has 1 atom stereocenters. The highest BCUT2D eigenvalue weighted by Gasteiger charge is 2.32. The number of carbonyl (C=O) groups excluding carboxylic acids is 2. The van der Waals surface area contributed by atoms with Gasteiger partial charge in [0, 0.05) is 45.8 Å². The fourth-order valence-electron chi connectivity index (χ4n) is 5.49. The Morgan fingerprint density at radius 1 is 0.851 bits per heavy atom. The van der Waals surface area contributed by atoms with Crippen LogP contribution < -0.4 is 14.8 Å². The molecule has 3 aromatic rings. The average Bonchev–Trinajstić information content (AvgIpc) is 3.12. The summed E-state index contributed by atoms with van der Waals surface area (Å²) >= 11 is 0. The lowest BCUT2D eigenvalue weighted by Crippen LogP contribution is -2.47. The molecule has 0 saturated carbocycles. The number of hydrogen-bond donors (Lipinski definition) is 1. The second-order valence-corrected chi connectivity index (χ2v) is 13.1. The molecule has 2 aliphatic heterocycles. The van der Waals surface area contributed by atoms with E-state index >= 15 is 0 Å². The van der Waals surface area contributed by atoms with Crippen LogP contribution in [0, 0.1) is 0 Å². The Morgan fingerprint density at radius 3 is 2.11 bits per heavy atom. The van der Waals surface area contributed by atoms with Crippen molar-refractivity contribution < 1.29 is 37.0 Å². The Labute approximate surface area is 276 Å². The molecule has 2 fully saturated rings. The molecular weight excluding hydrogens is 624 g/mol. The minimum Gasteiger partial charge on any atom is -0.497 e. The summed E-state index contributed by atoms with van der Waals surface area (Å²) in [6.07, 6.45) is 0. The van der Waals surface area contributed by atoms with Crippen molar-refractivity contribution in [1.82, 2.24) is 19.4 Å². The second kappa shape index (κ2) is 16.7. The molecule has 0 bridgehead atoms. The van der Waals surface area contributed by atoms with Crippen LogP contribution in [0.15, 0.2) is 83.8 Å². The molecule has 1 N–H and O–H groups in total. The topological polar surface area (TPSA) is 127 Å². The van der Waals surface area contributed by atoms with E-state index in [-0.39, 0.29) is 24.0 Å². The maximum Gasteiger partial charge on any atom is 0.261 e. The molecule has 0 spiro atoms. The Kier molecular flexibility index (Phi) is 12.2. The minimum absolute atomic E-state index is 0.136. The molecule has 13 heteroatoms. The maximum absolute atomic E-state index is 14.0. The van der Waals surface area contributed by atoms with Crippen molar-refractivity contribution in [1.29, 1.82) is 0 Å². The molecule has 5 rings (SSSR count). The number of hydrogen-bond acceptors (Lipinski definition) is 9. The van der Waals surface area contributed by atoms with Gasteiger partial charge in [-0.05, 0) is 47.5 Å². The summed E-state index contributed by atoms with van der Waals surface area (Å²) in [5.74, 6) is 0.288. The third kappa shape index (κ3) is 9.30. The van der Waals surface area contributed by atoms with E-state index < -0.39 is 22.0 Å². The lowest BCUT2D eigenvalue weighted by Gasteiger charge is -2.32. The van der Waals surface area contributed by atoms with Crippen molar-refractivity contribution in [3.63, 3.8) is 0 Å². The lowest BCUT2D eigenvalue weighted by atomic mass is 10.0. The molecule has 1 unspecified atom stereocenters. The molecule has 0 radical (unpaired) electrons. The van der Waals surface area contributed by atoms with Gasteiger partial charge >= 0.3 is 0 Å². The summed E-state index contributed by atoms with van der Waals surface area (Å²) in [6.45, 7) is 5.09. The van der Waals surface area contributed by atoms with E-state index in [2.05, 4.69) is 10.2 Å². The van der Waals surface area contributed by atoms with Crippen molar-refractivity contribution in [2.75, 3.05) is 79.4 Å². The van der Waals surface area contributed by atoms with Crippen LogP contribution in [0.5, 0.6) is 11.5 Å². The quantitative estimate of drug-likeness (QED) is 0.276. The highest BCUT2D eigenvalue weighted by Crippen LogP contribution is 2.26. The first kappa shape index (κ1) is 34.3. The SMILES string of the molecule is COc1ccc(CN(C(=O)COc2ccc(S(=O)(=O)N3CCOCC3)cc2)C(C(=O)NCCN2CCOCC2)c2ccccc2)cc1. The van der Waals surface area contributed by atoms with Crippen molar-refractivity contribution in [3.05, 3.63) is 90.0 Å². The predicted octanol–water partition coefficient (Wildman–Crippen LogP) is 2.31. The molecule has 2 saturated heterocycles. The van der Waals surface area contributed by atoms with Gasteiger partial charge in [-0.2, -0.15) is 4.31 Å². The summed E-state index contributed by atoms with van der Waals surface area (Å²) in [4.78, 5) is 31.7. The lowest BCUT2D eigenvalue weighted by molar-refractivity contribution is -0.143. The van der Waals surface area contributed by atoms with Crippen LogP contribution in [-0.4, -0.2) is 114 Å². The van der Waals surface area contributed by atoms with Gasteiger partial charge in [0.2, 0.25) is 15.9 Å². The maximum atomic E-state index is 14.0. The zero-order chi connectivity index (χ0) is 33.1. The van der Waals surface area contributed by atoms with Crippen LogP contribution in [0.25, 0.3) is 0 Å². The first-order valence-electron chi connectivity index (χ1n) is 15.7. The van der Waals surface area contributed by atoms with Crippen LogP contribution in [-0.2, 0) is 35.6 Å². The number of morpholine rings is 2. The Balaban J connectivity index is 1.33. The number of amides is 2. The molecule has 0 aromatic heterocycles. The van der Waals surface area contributed by atoms with Crippen LogP contribution in [0.1, 0.15) is 17.2 Å². The Morgan fingerprint density at radius 2 is 1.47 bits per heavy atom. The zero-order valence-corrected chi connectivity index (χ0v) is 27.4. The number of nitrogens with one attached hydrogen (secondary N) is 1. The van der Waals surface area contributed by atoms with Crippen LogP contribution in [0.4, 0.5) is 0 Å². The minimum atomic E-state index is -3.67. The number of carbonyl (C=O) groups is 2. The Hall–Kier alpha value is -4.01. The number of ether oxygens (including phenoxy) is 4. The summed E-state index contributed by atoms with van der Waals surface area (Å²) in [5, 5.41) is 3.04. The smallest absolute Gasteiger partial charge is 0.261 e. The molecule has 12 nitrogen and oxygen atoms in total. The van der Waals surface area contributed by atoms with Gasteiger partial charge in [0.05, 0.1) is 38.4 Å². The monoisotopic (exact) mass is 666 g/mol. The van der Waals surface area contributed by atoms with E-state index in [9.17, 15) is 18.0 Å². The highest BCUT2D eigenvalue weighted by molar-refractivity contribution is 7.89. The molecule has 47 heavy (non-hydrogen) atoms. The highest BCUT2D eigenvalue weighted by atomic mass is 32.2. The van der Waals surface area contributed by atoms with E-state index in [1.807, 2.05) is 42.5 Å². The molecule has 252 valence electrons. The van der Waals surface area contributed by atoms with Crippen molar-refractivity contribution >= 4 is 21.8 Å². The summed E-state index contributed by atoms with van der Waals surface area (Å²) < 4.78 is 49.3. The summed E-state index contributed by atoms with van der Waals surface area (Å²) in [7, 11) is -2.09. The van der Waals surface area contributed by atoms with E-state index in [1.54, 1.807) is 19.2 Å². The van der Waals surface area contributed by atoms with Gasteiger partial charge in [-0.3, -0.25) is 14.5 Å². The molecular formula is C34H42N4O8S. The molecule has 2 aliphatic rings. The zero-order valence-electron chi connectivity index (χ0n) is 26.6. The fraction of sp³-hybridized carbons (Fsp3) is 0.412. The van der Waals surface area contributed by atoms with Gasteiger partial charge in [0.1, 0.15) is 17.5 Å². The van der Waals surface area contributed by atoms with Crippen molar-refractivity contribution in [2.24, 2.45) is 0 Å².